The Labute approximate surface area is 116 Å². The molecule has 0 aliphatic carbocycles. The molecule has 1 aliphatic heterocycles. The fourth-order valence-electron chi connectivity index (χ4n) is 2.09. The summed E-state index contributed by atoms with van der Waals surface area (Å²) in [5.74, 6) is 0.144. The molecule has 1 heterocycles. The lowest BCUT2D eigenvalue weighted by molar-refractivity contribution is 0.0713. The highest BCUT2D eigenvalue weighted by molar-refractivity contribution is 14.1. The van der Waals surface area contributed by atoms with Gasteiger partial charge in [0.1, 0.15) is 0 Å². The van der Waals surface area contributed by atoms with Gasteiger partial charge in [0.25, 0.3) is 5.91 Å². The number of likely N-dealkylation sites (tertiary alicyclic amines) is 1. The molecule has 0 radical (unpaired) electrons. The van der Waals surface area contributed by atoms with E-state index < -0.39 is 0 Å². The van der Waals surface area contributed by atoms with Crippen LogP contribution in [0.15, 0.2) is 18.2 Å². The van der Waals surface area contributed by atoms with E-state index in [1.165, 1.54) is 0 Å². The maximum absolute atomic E-state index is 12.4. The van der Waals surface area contributed by atoms with Crippen LogP contribution in [0.3, 0.4) is 0 Å². The third-order valence-electron chi connectivity index (χ3n) is 3.25. The average molecular weight is 344 g/mol. The van der Waals surface area contributed by atoms with Gasteiger partial charge in [-0.25, -0.2) is 0 Å². The van der Waals surface area contributed by atoms with Gasteiger partial charge in [0, 0.05) is 22.7 Å². The van der Waals surface area contributed by atoms with Crippen LogP contribution >= 0.6 is 22.6 Å². The zero-order valence-electron chi connectivity index (χ0n) is 9.95. The van der Waals surface area contributed by atoms with Crippen LogP contribution in [0.25, 0.3) is 0 Å². The third kappa shape index (κ3) is 2.80. The van der Waals surface area contributed by atoms with E-state index in [1.807, 2.05) is 30.0 Å². The fourth-order valence-corrected chi connectivity index (χ4v) is 2.68. The lowest BCUT2D eigenvalue weighted by Crippen LogP contribution is -2.43. The largest absolute Gasteiger partial charge is 0.338 e. The summed E-state index contributed by atoms with van der Waals surface area (Å²) >= 11 is 2.25. The Hall–Kier alpha value is -0.620. The number of nitrogens with zero attached hydrogens (tertiary/aromatic N) is 1. The minimum atomic E-state index is 0.144. The van der Waals surface area contributed by atoms with E-state index in [0.29, 0.717) is 0 Å². The van der Waals surface area contributed by atoms with Crippen molar-refractivity contribution < 1.29 is 4.79 Å². The lowest BCUT2D eigenvalue weighted by atomic mass is 10.0. The molecule has 4 heteroatoms. The van der Waals surface area contributed by atoms with E-state index in [-0.39, 0.29) is 11.9 Å². The molecule has 2 N–H and O–H groups in total. The van der Waals surface area contributed by atoms with E-state index in [4.69, 9.17) is 5.73 Å². The molecule has 1 aromatic rings. The summed E-state index contributed by atoms with van der Waals surface area (Å²) in [6.07, 6.45) is 1.82. The van der Waals surface area contributed by atoms with E-state index in [2.05, 4.69) is 22.6 Å². The van der Waals surface area contributed by atoms with Crippen LogP contribution in [-0.2, 0) is 0 Å². The van der Waals surface area contributed by atoms with E-state index >= 15 is 0 Å². The lowest BCUT2D eigenvalue weighted by Gasteiger charge is -2.30. The first-order valence-corrected chi connectivity index (χ1v) is 6.97. The van der Waals surface area contributed by atoms with E-state index in [9.17, 15) is 4.79 Å². The number of hydrogen-bond acceptors (Lipinski definition) is 2. The minimum absolute atomic E-state index is 0.144. The van der Waals surface area contributed by atoms with E-state index in [1.54, 1.807) is 0 Å². The first kappa shape index (κ1) is 12.8. The van der Waals surface area contributed by atoms with Crippen molar-refractivity contribution in [3.05, 3.63) is 32.9 Å². The summed E-state index contributed by atoms with van der Waals surface area (Å²) in [6, 6.07) is 6.15. The number of rotatable bonds is 1. The van der Waals surface area contributed by atoms with Crippen LogP contribution in [0.2, 0.25) is 0 Å². The van der Waals surface area contributed by atoms with Gasteiger partial charge in [0.2, 0.25) is 0 Å². The molecular weight excluding hydrogens is 327 g/mol. The molecule has 0 unspecified atom stereocenters. The molecule has 0 saturated carbocycles. The summed E-state index contributed by atoms with van der Waals surface area (Å²) in [6.45, 7) is 3.60. The Bertz CT molecular complexity index is 425. The molecule has 92 valence electrons. The third-order valence-corrected chi connectivity index (χ3v) is 4.68. The molecule has 1 fully saturated rings. The number of carbonyl (C=O) groups is 1. The van der Waals surface area contributed by atoms with Crippen molar-refractivity contribution in [3.63, 3.8) is 0 Å². The zero-order chi connectivity index (χ0) is 12.4. The van der Waals surface area contributed by atoms with Crippen molar-refractivity contribution in [2.75, 3.05) is 13.1 Å². The van der Waals surface area contributed by atoms with Gasteiger partial charge in [0.05, 0.1) is 5.56 Å². The fraction of sp³-hybridized carbons (Fsp3) is 0.462. The van der Waals surface area contributed by atoms with Crippen molar-refractivity contribution in [1.82, 2.24) is 4.90 Å². The first-order chi connectivity index (χ1) is 8.09. The number of amides is 1. The normalized spacial score (nSPS) is 17.2. The molecular formula is C13H17IN2O. The SMILES string of the molecule is Cc1cccc(C(=O)N2CCC(N)CC2)c1I. The second-order valence-corrected chi connectivity index (χ2v) is 5.64. The Balaban J connectivity index is 2.17. The van der Waals surface area contributed by atoms with Gasteiger partial charge in [-0.05, 0) is 54.0 Å². The summed E-state index contributed by atoms with van der Waals surface area (Å²) in [5.41, 5.74) is 7.83. The van der Waals surface area contributed by atoms with Crippen molar-refractivity contribution in [2.45, 2.75) is 25.8 Å². The molecule has 17 heavy (non-hydrogen) atoms. The highest BCUT2D eigenvalue weighted by Crippen LogP contribution is 2.20. The Kier molecular flexibility index (Phi) is 4.04. The predicted octanol–water partition coefficient (Wildman–Crippen LogP) is 2.16. The van der Waals surface area contributed by atoms with Gasteiger partial charge < -0.3 is 10.6 Å². The van der Waals surface area contributed by atoms with Crippen molar-refractivity contribution in [1.29, 1.82) is 0 Å². The topological polar surface area (TPSA) is 46.3 Å². The number of nitrogens with two attached hydrogens (primary N) is 1. The van der Waals surface area contributed by atoms with Crippen LogP contribution in [0.5, 0.6) is 0 Å². The predicted molar refractivity (Wildman–Crippen MR) is 77.0 cm³/mol. The molecule has 0 bridgehead atoms. The maximum atomic E-state index is 12.4. The van der Waals surface area contributed by atoms with Crippen LogP contribution in [0.4, 0.5) is 0 Å². The molecule has 1 aromatic carbocycles. The molecule has 2 rings (SSSR count). The molecule has 0 spiro atoms. The second-order valence-electron chi connectivity index (χ2n) is 4.57. The number of carbonyl (C=O) groups excluding carboxylic acids is 1. The van der Waals surface area contributed by atoms with Gasteiger partial charge in [-0.3, -0.25) is 4.79 Å². The molecule has 1 saturated heterocycles. The molecule has 1 aliphatic rings. The van der Waals surface area contributed by atoms with Crippen molar-refractivity contribution >= 4 is 28.5 Å². The van der Waals surface area contributed by atoms with Crippen LogP contribution in [0, 0.1) is 10.5 Å². The molecule has 0 aromatic heterocycles. The number of aryl methyl sites for hydroxylation is 1. The quantitative estimate of drug-likeness (QED) is 0.794. The van der Waals surface area contributed by atoms with Crippen LogP contribution in [-0.4, -0.2) is 29.9 Å². The van der Waals surface area contributed by atoms with Gasteiger partial charge in [-0.2, -0.15) is 0 Å². The highest BCUT2D eigenvalue weighted by Gasteiger charge is 2.23. The van der Waals surface area contributed by atoms with Gasteiger partial charge >= 0.3 is 0 Å². The monoisotopic (exact) mass is 344 g/mol. The van der Waals surface area contributed by atoms with Gasteiger partial charge in [-0.1, -0.05) is 12.1 Å². The number of benzene rings is 1. The van der Waals surface area contributed by atoms with E-state index in [0.717, 1.165) is 40.6 Å². The van der Waals surface area contributed by atoms with Gasteiger partial charge in [-0.15, -0.1) is 0 Å². The Morgan fingerprint density at radius 2 is 2.06 bits per heavy atom. The first-order valence-electron chi connectivity index (χ1n) is 5.89. The molecule has 3 nitrogen and oxygen atoms in total. The summed E-state index contributed by atoms with van der Waals surface area (Å²) in [7, 11) is 0. The van der Waals surface area contributed by atoms with Crippen LogP contribution < -0.4 is 5.73 Å². The highest BCUT2D eigenvalue weighted by atomic mass is 127. The number of halogens is 1. The minimum Gasteiger partial charge on any atom is -0.338 e. The second kappa shape index (κ2) is 5.35. The molecule has 0 atom stereocenters. The Morgan fingerprint density at radius 3 is 2.71 bits per heavy atom. The zero-order valence-corrected chi connectivity index (χ0v) is 12.1. The summed E-state index contributed by atoms with van der Waals surface area (Å²) < 4.78 is 1.06. The molecule has 1 amide bonds. The van der Waals surface area contributed by atoms with Crippen molar-refractivity contribution in [3.8, 4) is 0 Å². The van der Waals surface area contributed by atoms with Crippen molar-refractivity contribution in [2.24, 2.45) is 5.73 Å². The summed E-state index contributed by atoms with van der Waals surface area (Å²) in [5, 5.41) is 0. The standard InChI is InChI=1S/C13H17IN2O/c1-9-3-2-4-11(12(9)14)13(17)16-7-5-10(15)6-8-16/h2-4,10H,5-8,15H2,1H3. The smallest absolute Gasteiger partial charge is 0.254 e. The number of piperidine rings is 1. The summed E-state index contributed by atoms with van der Waals surface area (Å²) in [4.78, 5) is 14.3. The van der Waals surface area contributed by atoms with Crippen LogP contribution in [0.1, 0.15) is 28.8 Å². The maximum Gasteiger partial charge on any atom is 0.254 e. The number of hydrogen-bond donors (Lipinski definition) is 1. The Morgan fingerprint density at radius 1 is 1.41 bits per heavy atom. The van der Waals surface area contributed by atoms with Gasteiger partial charge in [0.15, 0.2) is 0 Å². The average Bonchev–Trinajstić information content (AvgIpc) is 2.33.